The van der Waals surface area contributed by atoms with Crippen LogP contribution in [0.5, 0.6) is 5.75 Å². The van der Waals surface area contributed by atoms with Crippen LogP contribution in [0.15, 0.2) is 48.5 Å². The molecule has 3 saturated heterocycles. The molecule has 2 bridgehead atoms. The lowest BCUT2D eigenvalue weighted by atomic mass is 9.70. The normalized spacial score (nSPS) is 27.7. The molecule has 3 heterocycles. The topological polar surface area (TPSA) is 60.9 Å². The number of likely N-dealkylation sites (tertiary alicyclic amines) is 1. The number of benzene rings is 2. The fourth-order valence-corrected chi connectivity index (χ4v) is 6.07. The highest BCUT2D eigenvalue weighted by Gasteiger charge is 2.50. The summed E-state index contributed by atoms with van der Waals surface area (Å²) in [6, 6.07) is 15.8. The van der Waals surface area contributed by atoms with Gasteiger partial charge in [0.25, 0.3) is 5.91 Å². The Bertz CT molecular complexity index is 989. The molecular formula is C26H30N2O3. The number of fused-ring (bicyclic) bond motifs is 4. The second-order valence-electron chi connectivity index (χ2n) is 9.48. The second-order valence-corrected chi connectivity index (χ2v) is 9.48. The quantitative estimate of drug-likeness (QED) is 0.825. The number of phenolic OH excluding ortho intramolecular Hbond substituents is 1. The molecule has 0 aromatic heterocycles. The summed E-state index contributed by atoms with van der Waals surface area (Å²) in [5, 5.41) is 9.92. The van der Waals surface area contributed by atoms with Crippen LogP contribution in [-0.4, -0.2) is 51.9 Å². The minimum absolute atomic E-state index is 0.00264. The molecule has 5 nitrogen and oxygen atoms in total. The van der Waals surface area contributed by atoms with Gasteiger partial charge in [-0.15, -0.1) is 0 Å². The zero-order valence-electron chi connectivity index (χ0n) is 18.0. The van der Waals surface area contributed by atoms with Crippen molar-refractivity contribution in [3.8, 4) is 5.75 Å². The molecular weight excluding hydrogens is 388 g/mol. The van der Waals surface area contributed by atoms with E-state index in [9.17, 15) is 14.7 Å². The molecule has 5 heteroatoms. The third-order valence-electron chi connectivity index (χ3n) is 7.52. The molecule has 1 N–H and O–H groups in total. The molecule has 3 fully saturated rings. The first-order chi connectivity index (χ1) is 15.0. The smallest absolute Gasteiger partial charge is 0.254 e. The van der Waals surface area contributed by atoms with Crippen molar-refractivity contribution in [1.82, 2.24) is 9.80 Å². The molecule has 4 atom stereocenters. The van der Waals surface area contributed by atoms with Gasteiger partial charge in [-0.3, -0.25) is 9.59 Å². The number of piperidine rings is 3. The first-order valence-electron chi connectivity index (χ1n) is 11.4. The molecule has 3 aliphatic rings. The predicted molar refractivity (Wildman–Crippen MR) is 119 cm³/mol. The summed E-state index contributed by atoms with van der Waals surface area (Å²) in [5.74, 6) is 1.01. The molecule has 0 aliphatic carbocycles. The first kappa shape index (κ1) is 20.1. The monoisotopic (exact) mass is 418 g/mol. The van der Waals surface area contributed by atoms with E-state index in [-0.39, 0.29) is 35.6 Å². The Hall–Kier alpha value is -2.82. The van der Waals surface area contributed by atoms with Crippen molar-refractivity contribution in [1.29, 1.82) is 0 Å². The van der Waals surface area contributed by atoms with Gasteiger partial charge in [0.05, 0.1) is 0 Å². The number of carbonyl (C=O) groups excluding carboxylic acids is 2. The van der Waals surface area contributed by atoms with E-state index in [2.05, 4.69) is 29.2 Å². The lowest BCUT2D eigenvalue weighted by Crippen LogP contribution is -2.66. The summed E-state index contributed by atoms with van der Waals surface area (Å²) < 4.78 is 0. The number of aromatic hydroxyl groups is 1. The number of hydrogen-bond donors (Lipinski definition) is 1. The molecule has 3 aliphatic heterocycles. The van der Waals surface area contributed by atoms with E-state index in [1.165, 1.54) is 5.56 Å². The maximum absolute atomic E-state index is 13.4. The third kappa shape index (κ3) is 3.71. The number of nitrogens with zero attached hydrogens (tertiary/aromatic N) is 2. The number of rotatable bonds is 3. The van der Waals surface area contributed by atoms with E-state index < -0.39 is 0 Å². The predicted octanol–water partition coefficient (Wildman–Crippen LogP) is 3.78. The fourth-order valence-electron chi connectivity index (χ4n) is 6.07. The van der Waals surface area contributed by atoms with Gasteiger partial charge < -0.3 is 14.9 Å². The lowest BCUT2D eigenvalue weighted by molar-refractivity contribution is -0.151. The van der Waals surface area contributed by atoms with Crippen LogP contribution >= 0.6 is 0 Å². The van der Waals surface area contributed by atoms with Crippen LogP contribution in [0.25, 0.3) is 0 Å². The Morgan fingerprint density at radius 2 is 1.87 bits per heavy atom. The summed E-state index contributed by atoms with van der Waals surface area (Å²) in [5.41, 5.74) is 2.71. The second kappa shape index (κ2) is 8.03. The van der Waals surface area contributed by atoms with Gasteiger partial charge in [0.15, 0.2) is 0 Å². The molecule has 2 aromatic carbocycles. The molecule has 0 radical (unpaired) electrons. The number of phenols is 1. The SMILES string of the molecule is Cc1ccc(O)cc1C(=O)N1C[C@H]2C[C@@H](C1)[C@H](Cc1ccccc1)N1C(=O)CCC[C@@H]21. The average molecular weight is 419 g/mol. The van der Waals surface area contributed by atoms with Crippen molar-refractivity contribution in [2.75, 3.05) is 13.1 Å². The van der Waals surface area contributed by atoms with E-state index >= 15 is 0 Å². The maximum atomic E-state index is 13.4. The van der Waals surface area contributed by atoms with Gasteiger partial charge in [-0.25, -0.2) is 0 Å². The van der Waals surface area contributed by atoms with Crippen LogP contribution < -0.4 is 0 Å². The van der Waals surface area contributed by atoms with Crippen molar-refractivity contribution in [3.63, 3.8) is 0 Å². The zero-order chi connectivity index (χ0) is 21.5. The van der Waals surface area contributed by atoms with E-state index in [1.54, 1.807) is 18.2 Å². The summed E-state index contributed by atoms with van der Waals surface area (Å²) in [7, 11) is 0. The molecule has 31 heavy (non-hydrogen) atoms. The van der Waals surface area contributed by atoms with E-state index in [0.717, 1.165) is 31.2 Å². The minimum atomic E-state index is -0.00264. The van der Waals surface area contributed by atoms with Crippen LogP contribution in [0.3, 0.4) is 0 Å². The summed E-state index contributed by atoms with van der Waals surface area (Å²) in [6.07, 6.45) is 4.54. The Morgan fingerprint density at radius 3 is 2.68 bits per heavy atom. The van der Waals surface area contributed by atoms with Crippen molar-refractivity contribution >= 4 is 11.8 Å². The van der Waals surface area contributed by atoms with Gasteiger partial charge in [-0.2, -0.15) is 0 Å². The zero-order valence-corrected chi connectivity index (χ0v) is 18.0. The lowest BCUT2D eigenvalue weighted by Gasteiger charge is -2.56. The van der Waals surface area contributed by atoms with Crippen molar-refractivity contribution in [2.24, 2.45) is 11.8 Å². The van der Waals surface area contributed by atoms with Gasteiger partial charge in [-0.05, 0) is 67.7 Å². The summed E-state index contributed by atoms with van der Waals surface area (Å²) in [4.78, 5) is 30.6. The Morgan fingerprint density at radius 1 is 1.10 bits per heavy atom. The fraction of sp³-hybridized carbons (Fsp3) is 0.462. The maximum Gasteiger partial charge on any atom is 0.254 e. The Labute approximate surface area is 183 Å². The van der Waals surface area contributed by atoms with Gasteiger partial charge in [0, 0.05) is 37.2 Å². The minimum Gasteiger partial charge on any atom is -0.508 e. The molecule has 5 rings (SSSR count). The Kier molecular flexibility index (Phi) is 5.20. The highest BCUT2D eigenvalue weighted by molar-refractivity contribution is 5.96. The van der Waals surface area contributed by atoms with Crippen LogP contribution in [0, 0.1) is 18.8 Å². The summed E-state index contributed by atoms with van der Waals surface area (Å²) >= 11 is 0. The van der Waals surface area contributed by atoms with Crippen molar-refractivity contribution < 1.29 is 14.7 Å². The van der Waals surface area contributed by atoms with E-state index in [0.29, 0.717) is 31.0 Å². The molecule has 2 aromatic rings. The number of carbonyl (C=O) groups is 2. The average Bonchev–Trinajstić information content (AvgIpc) is 2.78. The van der Waals surface area contributed by atoms with Gasteiger partial charge >= 0.3 is 0 Å². The summed E-state index contributed by atoms with van der Waals surface area (Å²) in [6.45, 7) is 3.27. The van der Waals surface area contributed by atoms with Crippen LogP contribution in [-0.2, 0) is 11.2 Å². The number of aryl methyl sites for hydroxylation is 1. The first-order valence-corrected chi connectivity index (χ1v) is 11.4. The van der Waals surface area contributed by atoms with Crippen molar-refractivity contribution in [2.45, 2.75) is 51.1 Å². The molecule has 2 amide bonds. The number of hydrogen-bond acceptors (Lipinski definition) is 3. The highest BCUT2D eigenvalue weighted by Crippen LogP contribution is 2.43. The third-order valence-corrected chi connectivity index (χ3v) is 7.52. The molecule has 162 valence electrons. The molecule has 0 spiro atoms. The number of amides is 2. The van der Waals surface area contributed by atoms with Gasteiger partial charge in [0.2, 0.25) is 5.91 Å². The van der Waals surface area contributed by atoms with Crippen LogP contribution in [0.2, 0.25) is 0 Å². The standard InChI is InChI=1S/C26H30N2O3/c1-17-10-11-21(29)14-22(17)26(31)27-15-19-13-20(16-27)24(12-18-6-3-2-4-7-18)28-23(19)8-5-9-25(28)30/h2-4,6-7,10-11,14,19-20,23-24,29H,5,8-9,12-13,15-16H2,1H3/t19-,20+,23+,24+/m1/s1. The van der Waals surface area contributed by atoms with Crippen molar-refractivity contribution in [3.05, 3.63) is 65.2 Å². The molecule has 0 unspecified atom stereocenters. The highest BCUT2D eigenvalue weighted by atomic mass is 16.3. The van der Waals surface area contributed by atoms with E-state index in [4.69, 9.17) is 0 Å². The van der Waals surface area contributed by atoms with Crippen LogP contribution in [0.1, 0.15) is 47.2 Å². The van der Waals surface area contributed by atoms with Crippen LogP contribution in [0.4, 0.5) is 0 Å². The largest absolute Gasteiger partial charge is 0.508 e. The Balaban J connectivity index is 1.45. The van der Waals surface area contributed by atoms with E-state index in [1.807, 2.05) is 17.9 Å². The van der Waals surface area contributed by atoms with Gasteiger partial charge in [0.1, 0.15) is 5.75 Å². The molecule has 0 saturated carbocycles. The van der Waals surface area contributed by atoms with Gasteiger partial charge in [-0.1, -0.05) is 36.4 Å².